The van der Waals surface area contributed by atoms with Crippen LogP contribution in [-0.4, -0.2) is 57.9 Å². The van der Waals surface area contributed by atoms with Crippen LogP contribution in [0.3, 0.4) is 0 Å². The zero-order valence-corrected chi connectivity index (χ0v) is 18.6. The van der Waals surface area contributed by atoms with E-state index in [2.05, 4.69) is 16.8 Å². The summed E-state index contributed by atoms with van der Waals surface area (Å²) in [6.45, 7) is 11.0. The highest BCUT2D eigenvalue weighted by atomic mass is 16.5. The van der Waals surface area contributed by atoms with Crippen LogP contribution < -0.4 is 9.64 Å². The van der Waals surface area contributed by atoms with Crippen molar-refractivity contribution in [2.75, 3.05) is 31.1 Å². The molecule has 0 bridgehead atoms. The first-order valence-electron chi connectivity index (χ1n) is 10.7. The number of ether oxygens (including phenoxy) is 1. The molecule has 1 amide bonds. The average Bonchev–Trinajstić information content (AvgIpc) is 3.08. The summed E-state index contributed by atoms with van der Waals surface area (Å²) >= 11 is 0. The Bertz CT molecular complexity index is 1040. The fourth-order valence-electron chi connectivity index (χ4n) is 4.06. The van der Waals surface area contributed by atoms with Gasteiger partial charge >= 0.3 is 0 Å². The van der Waals surface area contributed by atoms with Crippen LogP contribution in [0, 0.1) is 13.8 Å². The molecule has 0 atom stereocenters. The third-order valence-corrected chi connectivity index (χ3v) is 5.48. The second kappa shape index (κ2) is 8.79. The maximum atomic E-state index is 12.9. The van der Waals surface area contributed by atoms with Crippen molar-refractivity contribution in [1.29, 1.82) is 0 Å². The normalized spacial score (nSPS) is 14.2. The van der Waals surface area contributed by atoms with E-state index in [1.54, 1.807) is 6.20 Å². The van der Waals surface area contributed by atoms with Crippen molar-refractivity contribution in [3.63, 3.8) is 0 Å². The van der Waals surface area contributed by atoms with Crippen molar-refractivity contribution in [2.24, 2.45) is 0 Å². The summed E-state index contributed by atoms with van der Waals surface area (Å²) in [6.07, 6.45) is 1.89. The Kier molecular flexibility index (Phi) is 5.93. The molecule has 0 saturated carbocycles. The van der Waals surface area contributed by atoms with Crippen LogP contribution in [0.25, 0.3) is 5.82 Å². The number of piperazine rings is 1. The highest BCUT2D eigenvalue weighted by Crippen LogP contribution is 2.27. The summed E-state index contributed by atoms with van der Waals surface area (Å²) < 4.78 is 7.56. The topological polar surface area (TPSA) is 63.5 Å². The molecule has 3 heterocycles. The Morgan fingerprint density at radius 1 is 1.00 bits per heavy atom. The Labute approximate surface area is 183 Å². The lowest BCUT2D eigenvalue weighted by Gasteiger charge is -2.36. The van der Waals surface area contributed by atoms with E-state index in [9.17, 15) is 4.79 Å². The minimum atomic E-state index is 0.0633. The molecule has 1 aliphatic rings. The minimum absolute atomic E-state index is 0.0633. The lowest BCUT2D eigenvalue weighted by molar-refractivity contribution is 0.0746. The van der Waals surface area contributed by atoms with Gasteiger partial charge in [0.05, 0.1) is 23.2 Å². The first kappa shape index (κ1) is 20.9. The third-order valence-electron chi connectivity index (χ3n) is 5.48. The summed E-state index contributed by atoms with van der Waals surface area (Å²) in [5.74, 6) is 1.66. The fourth-order valence-corrected chi connectivity index (χ4v) is 4.06. The van der Waals surface area contributed by atoms with Gasteiger partial charge in [0.1, 0.15) is 5.75 Å². The van der Waals surface area contributed by atoms with Gasteiger partial charge in [0, 0.05) is 37.9 Å². The van der Waals surface area contributed by atoms with E-state index in [0.717, 1.165) is 41.7 Å². The van der Waals surface area contributed by atoms with Gasteiger partial charge in [-0.1, -0.05) is 6.07 Å². The molecule has 162 valence electrons. The number of aryl methyl sites for hydroxylation is 1. The molecular weight excluding hydrogens is 390 g/mol. The van der Waals surface area contributed by atoms with Crippen molar-refractivity contribution in [2.45, 2.75) is 33.8 Å². The van der Waals surface area contributed by atoms with Gasteiger partial charge in [-0.2, -0.15) is 5.10 Å². The molecule has 2 aromatic heterocycles. The zero-order chi connectivity index (χ0) is 22.0. The van der Waals surface area contributed by atoms with E-state index >= 15 is 0 Å². The Hall–Kier alpha value is -3.35. The zero-order valence-electron chi connectivity index (χ0n) is 18.6. The fraction of sp³-hybridized carbons (Fsp3) is 0.375. The van der Waals surface area contributed by atoms with Gasteiger partial charge in [0.15, 0.2) is 5.82 Å². The van der Waals surface area contributed by atoms with Gasteiger partial charge in [-0.3, -0.25) is 4.79 Å². The van der Waals surface area contributed by atoms with E-state index < -0.39 is 0 Å². The lowest BCUT2D eigenvalue weighted by atomic mass is 10.1. The third kappa shape index (κ3) is 4.40. The maximum absolute atomic E-state index is 12.9. The number of carbonyl (C=O) groups is 1. The van der Waals surface area contributed by atoms with Gasteiger partial charge in [-0.05, 0) is 64.1 Å². The molecule has 7 nitrogen and oxygen atoms in total. The van der Waals surface area contributed by atoms with E-state index in [0.29, 0.717) is 18.7 Å². The smallest absolute Gasteiger partial charge is 0.253 e. The number of amides is 1. The summed E-state index contributed by atoms with van der Waals surface area (Å²) in [5.41, 5.74) is 3.87. The Balaban J connectivity index is 1.43. The van der Waals surface area contributed by atoms with E-state index in [1.807, 2.05) is 72.8 Å². The molecule has 1 saturated heterocycles. The molecule has 3 aromatic rings. The van der Waals surface area contributed by atoms with Crippen LogP contribution in [-0.2, 0) is 0 Å². The molecule has 1 aromatic carbocycles. The highest BCUT2D eigenvalue weighted by molar-refractivity contribution is 5.94. The number of nitrogens with zero attached hydrogens (tertiary/aromatic N) is 5. The maximum Gasteiger partial charge on any atom is 0.253 e. The summed E-state index contributed by atoms with van der Waals surface area (Å²) in [5, 5.41) is 4.71. The van der Waals surface area contributed by atoms with Crippen molar-refractivity contribution in [3.05, 3.63) is 65.6 Å². The lowest BCUT2D eigenvalue weighted by Crippen LogP contribution is -2.49. The first-order chi connectivity index (χ1) is 14.9. The molecule has 0 unspecified atom stereocenters. The second-order valence-electron chi connectivity index (χ2n) is 8.09. The van der Waals surface area contributed by atoms with Crippen molar-refractivity contribution in [1.82, 2.24) is 19.7 Å². The number of rotatable bonds is 5. The standard InChI is InChI=1S/C24H29N5O2/c1-17(2)31-21-10-8-20(9-11-21)24(30)28-15-13-27(14-16-28)23-18(3)26-29(19(23)4)22-7-5-6-12-25-22/h5-12,17H,13-16H2,1-4H3. The molecule has 7 heteroatoms. The second-order valence-corrected chi connectivity index (χ2v) is 8.09. The van der Waals surface area contributed by atoms with Crippen LogP contribution in [0.5, 0.6) is 5.75 Å². The molecule has 31 heavy (non-hydrogen) atoms. The summed E-state index contributed by atoms with van der Waals surface area (Å²) in [6, 6.07) is 13.2. The predicted octanol–water partition coefficient (Wildman–Crippen LogP) is 3.63. The molecular formula is C24H29N5O2. The largest absolute Gasteiger partial charge is 0.491 e. The molecule has 0 radical (unpaired) electrons. The van der Waals surface area contributed by atoms with Gasteiger partial charge in [-0.15, -0.1) is 0 Å². The molecule has 1 aliphatic heterocycles. The van der Waals surface area contributed by atoms with Gasteiger partial charge in [0.2, 0.25) is 0 Å². The van der Waals surface area contributed by atoms with Crippen molar-refractivity contribution in [3.8, 4) is 11.6 Å². The molecule has 0 N–H and O–H groups in total. The van der Waals surface area contributed by atoms with Gasteiger partial charge < -0.3 is 14.5 Å². The monoisotopic (exact) mass is 419 g/mol. The summed E-state index contributed by atoms with van der Waals surface area (Å²) in [4.78, 5) is 21.6. The van der Waals surface area contributed by atoms with Crippen LogP contribution in [0.4, 0.5) is 5.69 Å². The molecule has 1 fully saturated rings. The summed E-state index contributed by atoms with van der Waals surface area (Å²) in [7, 11) is 0. The molecule has 0 spiro atoms. The predicted molar refractivity (Wildman–Crippen MR) is 121 cm³/mol. The van der Waals surface area contributed by atoms with E-state index in [4.69, 9.17) is 9.84 Å². The Morgan fingerprint density at radius 3 is 2.32 bits per heavy atom. The number of pyridine rings is 1. The van der Waals surface area contributed by atoms with Gasteiger partial charge in [-0.25, -0.2) is 9.67 Å². The molecule has 0 aliphatic carbocycles. The van der Waals surface area contributed by atoms with Crippen LogP contribution >= 0.6 is 0 Å². The number of carbonyl (C=O) groups excluding carboxylic acids is 1. The van der Waals surface area contributed by atoms with E-state index in [1.165, 1.54) is 0 Å². The SMILES string of the molecule is Cc1nn(-c2ccccn2)c(C)c1N1CCN(C(=O)c2ccc(OC(C)C)cc2)CC1. The highest BCUT2D eigenvalue weighted by Gasteiger charge is 2.26. The van der Waals surface area contributed by atoms with E-state index in [-0.39, 0.29) is 12.0 Å². The van der Waals surface area contributed by atoms with Crippen LogP contribution in [0.1, 0.15) is 35.6 Å². The minimum Gasteiger partial charge on any atom is -0.491 e. The van der Waals surface area contributed by atoms with Crippen molar-refractivity contribution >= 4 is 11.6 Å². The number of aromatic nitrogens is 3. The molecule has 4 rings (SSSR count). The number of anilines is 1. The quantitative estimate of drug-likeness (QED) is 0.632. The first-order valence-corrected chi connectivity index (χ1v) is 10.7. The Morgan fingerprint density at radius 2 is 1.71 bits per heavy atom. The number of benzene rings is 1. The van der Waals surface area contributed by atoms with Gasteiger partial charge in [0.25, 0.3) is 5.91 Å². The van der Waals surface area contributed by atoms with Crippen LogP contribution in [0.2, 0.25) is 0 Å². The van der Waals surface area contributed by atoms with Crippen LogP contribution in [0.15, 0.2) is 48.7 Å². The average molecular weight is 420 g/mol. The number of hydrogen-bond acceptors (Lipinski definition) is 5. The van der Waals surface area contributed by atoms with Crippen molar-refractivity contribution < 1.29 is 9.53 Å². The number of hydrogen-bond donors (Lipinski definition) is 0.